The van der Waals surface area contributed by atoms with E-state index in [1.165, 1.54) is 72.3 Å². The summed E-state index contributed by atoms with van der Waals surface area (Å²) in [6.07, 6.45) is 13.7. The molecule has 0 amide bonds. The van der Waals surface area contributed by atoms with Crippen molar-refractivity contribution in [3.63, 3.8) is 0 Å². The van der Waals surface area contributed by atoms with Crippen molar-refractivity contribution >= 4 is 45.1 Å². The molecule has 0 saturated carbocycles. The average Bonchev–Trinajstić information content (AvgIpc) is 4.01. The lowest BCUT2D eigenvalue weighted by Crippen LogP contribution is -2.26. The fraction of sp³-hybridized carbons (Fsp3) is 0.0476. The molecule has 0 saturated heterocycles. The number of anilines is 3. The van der Waals surface area contributed by atoms with Gasteiger partial charge < -0.3 is 9.32 Å². The lowest BCUT2D eigenvalue weighted by atomic mass is 9.70. The Labute approximate surface area is 378 Å². The molecule has 0 fully saturated rings. The van der Waals surface area contributed by atoms with Crippen LogP contribution in [0.3, 0.4) is 0 Å². The Hall–Kier alpha value is -8.20. The Balaban J connectivity index is 1.06. The van der Waals surface area contributed by atoms with E-state index in [4.69, 9.17) is 4.42 Å². The average molecular weight is 828 g/mol. The van der Waals surface area contributed by atoms with E-state index in [9.17, 15) is 0 Å². The molecule has 14 rings (SSSR count). The zero-order valence-corrected chi connectivity index (χ0v) is 35.5. The first-order valence-corrected chi connectivity index (χ1v) is 22.8. The van der Waals surface area contributed by atoms with E-state index < -0.39 is 5.41 Å². The van der Waals surface area contributed by atoms with Gasteiger partial charge in [0.15, 0.2) is 0 Å². The van der Waals surface area contributed by atoms with Gasteiger partial charge in [-0.2, -0.15) is 0 Å². The molecule has 0 bridgehead atoms. The predicted octanol–water partition coefficient (Wildman–Crippen LogP) is 16.6. The van der Waals surface area contributed by atoms with Crippen molar-refractivity contribution in [2.24, 2.45) is 5.92 Å². The van der Waals surface area contributed by atoms with Crippen molar-refractivity contribution in [1.82, 2.24) is 0 Å². The summed E-state index contributed by atoms with van der Waals surface area (Å²) in [6.45, 7) is 0. The number of fused-ring (bicyclic) bond motifs is 16. The number of furan rings is 1. The molecule has 0 radical (unpaired) electrons. The summed E-state index contributed by atoms with van der Waals surface area (Å²) in [7, 11) is 0. The molecule has 65 heavy (non-hydrogen) atoms. The molecule has 1 heterocycles. The first-order chi connectivity index (χ1) is 32.2. The SMILES string of the molecule is C1=CC2C=Cc3ccc(-c4c(N(c5ccc(-c6ccccc6)cc5)c5ccc6c(c5)C5(c7ccccc7-c7ccccc75)c5ccccc5-6)ccc5oc6ccccc6c45)cc3C2C=C1. The lowest BCUT2D eigenvalue weighted by molar-refractivity contribution is 0.669. The van der Waals surface area contributed by atoms with Gasteiger partial charge >= 0.3 is 0 Å². The summed E-state index contributed by atoms with van der Waals surface area (Å²) in [5.41, 5.74) is 22.4. The van der Waals surface area contributed by atoms with Crippen molar-refractivity contribution < 1.29 is 4.42 Å². The summed E-state index contributed by atoms with van der Waals surface area (Å²) < 4.78 is 6.70. The van der Waals surface area contributed by atoms with Gasteiger partial charge in [0.1, 0.15) is 11.2 Å². The number of hydrogen-bond donors (Lipinski definition) is 0. The minimum Gasteiger partial charge on any atom is -0.456 e. The maximum Gasteiger partial charge on any atom is 0.136 e. The van der Waals surface area contributed by atoms with Crippen molar-refractivity contribution in [3.8, 4) is 44.5 Å². The van der Waals surface area contributed by atoms with Crippen LogP contribution in [0.5, 0.6) is 0 Å². The molecule has 4 aliphatic carbocycles. The number of para-hydroxylation sites is 1. The van der Waals surface area contributed by atoms with Crippen molar-refractivity contribution in [1.29, 1.82) is 0 Å². The molecule has 9 aromatic carbocycles. The highest BCUT2D eigenvalue weighted by atomic mass is 16.3. The van der Waals surface area contributed by atoms with Crippen molar-refractivity contribution in [2.75, 3.05) is 4.90 Å². The first kappa shape index (κ1) is 36.3. The third kappa shape index (κ3) is 5.17. The molecule has 10 aromatic rings. The maximum atomic E-state index is 6.70. The summed E-state index contributed by atoms with van der Waals surface area (Å²) in [6, 6.07) is 74.3. The van der Waals surface area contributed by atoms with E-state index in [1.807, 2.05) is 0 Å². The molecule has 0 aliphatic heterocycles. The third-order valence-electron chi connectivity index (χ3n) is 14.6. The molecule has 1 spiro atoms. The zero-order valence-electron chi connectivity index (χ0n) is 35.5. The molecule has 304 valence electrons. The van der Waals surface area contributed by atoms with Gasteiger partial charge in [0.2, 0.25) is 0 Å². The van der Waals surface area contributed by atoms with Crippen LogP contribution in [-0.4, -0.2) is 0 Å². The van der Waals surface area contributed by atoms with Crippen LogP contribution >= 0.6 is 0 Å². The number of rotatable bonds is 5. The van der Waals surface area contributed by atoms with Crippen LogP contribution in [0.1, 0.15) is 39.3 Å². The molecule has 0 N–H and O–H groups in total. The fourth-order valence-corrected chi connectivity index (χ4v) is 11.9. The van der Waals surface area contributed by atoms with Crippen LogP contribution in [0.15, 0.2) is 235 Å². The van der Waals surface area contributed by atoms with Gasteiger partial charge in [-0.25, -0.2) is 0 Å². The largest absolute Gasteiger partial charge is 0.456 e. The summed E-state index contributed by atoms with van der Waals surface area (Å²) in [4.78, 5) is 2.50. The van der Waals surface area contributed by atoms with Crippen LogP contribution in [0.4, 0.5) is 17.1 Å². The van der Waals surface area contributed by atoms with E-state index in [0.717, 1.165) is 44.6 Å². The monoisotopic (exact) mass is 827 g/mol. The van der Waals surface area contributed by atoms with Crippen LogP contribution in [-0.2, 0) is 5.41 Å². The number of benzene rings is 9. The van der Waals surface area contributed by atoms with Gasteiger partial charge in [0.05, 0.1) is 11.1 Å². The highest BCUT2D eigenvalue weighted by Crippen LogP contribution is 2.63. The Morgan fingerprint density at radius 2 is 1.05 bits per heavy atom. The Morgan fingerprint density at radius 1 is 0.431 bits per heavy atom. The molecule has 1 aromatic heterocycles. The predicted molar refractivity (Wildman–Crippen MR) is 269 cm³/mol. The topological polar surface area (TPSA) is 16.4 Å². The van der Waals surface area contributed by atoms with E-state index in [2.05, 4.69) is 242 Å². The molecular weight excluding hydrogens is 787 g/mol. The molecule has 2 heteroatoms. The van der Waals surface area contributed by atoms with Crippen molar-refractivity contribution in [3.05, 3.63) is 264 Å². The fourth-order valence-electron chi connectivity index (χ4n) is 11.9. The minimum atomic E-state index is -0.476. The number of nitrogens with zero attached hydrogens (tertiary/aromatic N) is 1. The maximum absolute atomic E-state index is 6.70. The third-order valence-corrected chi connectivity index (χ3v) is 14.6. The smallest absolute Gasteiger partial charge is 0.136 e. The van der Waals surface area contributed by atoms with Crippen LogP contribution < -0.4 is 4.90 Å². The normalized spacial score (nSPS) is 16.6. The first-order valence-electron chi connectivity index (χ1n) is 22.8. The molecule has 2 atom stereocenters. The van der Waals surface area contributed by atoms with Crippen LogP contribution in [0.2, 0.25) is 0 Å². The van der Waals surface area contributed by atoms with Gasteiger partial charge in [0.25, 0.3) is 0 Å². The van der Waals surface area contributed by atoms with E-state index in [0.29, 0.717) is 5.92 Å². The second-order valence-corrected chi connectivity index (χ2v) is 17.9. The quantitative estimate of drug-likeness (QED) is 0.172. The van der Waals surface area contributed by atoms with Crippen molar-refractivity contribution in [2.45, 2.75) is 11.3 Å². The molecule has 2 nitrogen and oxygen atoms in total. The highest BCUT2D eigenvalue weighted by molar-refractivity contribution is 6.16. The molecular formula is C63H41NO. The Kier molecular flexibility index (Phi) is 7.76. The molecule has 4 aliphatic rings. The molecule has 2 unspecified atom stereocenters. The van der Waals surface area contributed by atoms with Gasteiger partial charge in [-0.3, -0.25) is 0 Å². The zero-order chi connectivity index (χ0) is 42.6. The number of hydrogen-bond acceptors (Lipinski definition) is 2. The number of allylic oxidation sites excluding steroid dienone is 5. The summed E-state index contributed by atoms with van der Waals surface area (Å²) >= 11 is 0. The van der Waals surface area contributed by atoms with Crippen LogP contribution in [0, 0.1) is 5.92 Å². The van der Waals surface area contributed by atoms with Gasteiger partial charge in [0, 0.05) is 39.5 Å². The van der Waals surface area contributed by atoms with Gasteiger partial charge in [-0.1, -0.05) is 188 Å². The summed E-state index contributed by atoms with van der Waals surface area (Å²) in [5, 5.41) is 2.23. The Bertz CT molecular complexity index is 3610. The van der Waals surface area contributed by atoms with Crippen LogP contribution in [0.25, 0.3) is 72.5 Å². The standard InChI is InChI=1S/C63H41NO/c1-2-14-40(15-3-1)41-30-32-45(33-31-41)64(46-34-35-51-50-20-8-12-24-56(50)63(57(51)39-46)54-22-10-6-18-48(54)49-19-7-11-23-55(49)63)58-36-37-60-62(52-21-9-13-25-59(52)65-60)61(58)44-29-28-43-27-26-42-16-4-5-17-47(42)53(43)38-44/h1-39,42,47H. The van der Waals surface area contributed by atoms with E-state index in [-0.39, 0.29) is 5.92 Å². The Morgan fingerprint density at radius 3 is 1.80 bits per heavy atom. The minimum absolute atomic E-state index is 0.275. The second-order valence-electron chi connectivity index (χ2n) is 17.9. The van der Waals surface area contributed by atoms with E-state index in [1.54, 1.807) is 0 Å². The summed E-state index contributed by atoms with van der Waals surface area (Å²) in [5.74, 6) is 0.609. The highest BCUT2D eigenvalue weighted by Gasteiger charge is 2.51. The van der Waals surface area contributed by atoms with E-state index >= 15 is 0 Å². The lowest BCUT2D eigenvalue weighted by Gasteiger charge is -2.33. The van der Waals surface area contributed by atoms with Gasteiger partial charge in [-0.15, -0.1) is 0 Å². The second kappa shape index (κ2) is 13.9. The van der Waals surface area contributed by atoms with Gasteiger partial charge in [-0.05, 0) is 121 Å².